The molecule has 0 atom stereocenters. The number of aromatic hydroxyl groups is 1. The number of non-ortho nitro benzene ring substituents is 1. The third-order valence-corrected chi connectivity index (χ3v) is 3.01. The molecule has 7 nitrogen and oxygen atoms in total. The Morgan fingerprint density at radius 3 is 2.64 bits per heavy atom. The van der Waals surface area contributed by atoms with E-state index in [4.69, 9.17) is 16.3 Å². The molecule has 0 unspecified atom stereocenters. The summed E-state index contributed by atoms with van der Waals surface area (Å²) in [7, 11) is 1.31. The molecule has 0 aliphatic heterocycles. The molecule has 0 aromatic heterocycles. The summed E-state index contributed by atoms with van der Waals surface area (Å²) in [6, 6.07) is 9.14. The van der Waals surface area contributed by atoms with Gasteiger partial charge in [0.1, 0.15) is 0 Å². The van der Waals surface area contributed by atoms with Gasteiger partial charge in [0.2, 0.25) is 0 Å². The van der Waals surface area contributed by atoms with Crippen LogP contribution < -0.4 is 10.2 Å². The quantitative estimate of drug-likeness (QED) is 0.499. The van der Waals surface area contributed by atoms with E-state index in [1.165, 1.54) is 19.4 Å². The number of nitrogens with one attached hydrogen (secondary N) is 1. The molecule has 114 valence electrons. The van der Waals surface area contributed by atoms with Gasteiger partial charge in [-0.3, -0.25) is 15.5 Å². The minimum absolute atomic E-state index is 0.00198. The van der Waals surface area contributed by atoms with Crippen molar-refractivity contribution in [3.8, 4) is 11.5 Å². The van der Waals surface area contributed by atoms with E-state index < -0.39 is 4.92 Å². The molecule has 0 fully saturated rings. The Balaban J connectivity index is 2.24. The maximum Gasteiger partial charge on any atom is 0.274 e. The number of nitrogens with zero attached hydrogens (tertiary/aromatic N) is 2. The van der Waals surface area contributed by atoms with Gasteiger partial charge in [-0.15, -0.1) is 0 Å². The summed E-state index contributed by atoms with van der Waals surface area (Å²) in [4.78, 5) is 10.3. The van der Waals surface area contributed by atoms with Gasteiger partial charge in [-0.2, -0.15) is 5.10 Å². The van der Waals surface area contributed by atoms with Crippen LogP contribution in [0.2, 0.25) is 5.02 Å². The zero-order valence-electron chi connectivity index (χ0n) is 11.5. The van der Waals surface area contributed by atoms with Gasteiger partial charge in [-0.1, -0.05) is 11.6 Å². The maximum atomic E-state index is 10.9. The predicted molar refractivity (Wildman–Crippen MR) is 84.0 cm³/mol. The van der Waals surface area contributed by atoms with Gasteiger partial charge in [0.25, 0.3) is 5.69 Å². The van der Waals surface area contributed by atoms with Crippen LogP contribution in [0.4, 0.5) is 11.4 Å². The smallest absolute Gasteiger partial charge is 0.274 e. The number of rotatable bonds is 5. The number of nitro benzene ring substituents is 1. The fourth-order valence-corrected chi connectivity index (χ4v) is 1.80. The summed E-state index contributed by atoms with van der Waals surface area (Å²) in [6.45, 7) is 0. The Morgan fingerprint density at radius 1 is 1.36 bits per heavy atom. The molecule has 2 N–H and O–H groups in total. The normalized spacial score (nSPS) is 10.6. The highest BCUT2D eigenvalue weighted by atomic mass is 35.5. The Bertz CT molecular complexity index is 717. The molecule has 0 aliphatic carbocycles. The van der Waals surface area contributed by atoms with Gasteiger partial charge >= 0.3 is 0 Å². The number of hydrogen-bond acceptors (Lipinski definition) is 6. The summed E-state index contributed by atoms with van der Waals surface area (Å²) < 4.78 is 4.90. The van der Waals surface area contributed by atoms with E-state index in [1.54, 1.807) is 24.3 Å². The second-order valence-corrected chi connectivity index (χ2v) is 4.66. The van der Waals surface area contributed by atoms with Crippen LogP contribution in [0.1, 0.15) is 5.56 Å². The first kappa shape index (κ1) is 15.6. The Hall–Kier alpha value is -2.80. The summed E-state index contributed by atoms with van der Waals surface area (Å²) >= 11 is 5.77. The number of phenolic OH excluding ortho intramolecular Hbond substituents is 1. The van der Waals surface area contributed by atoms with E-state index in [0.29, 0.717) is 10.7 Å². The van der Waals surface area contributed by atoms with E-state index in [9.17, 15) is 15.2 Å². The van der Waals surface area contributed by atoms with Crippen molar-refractivity contribution in [2.24, 2.45) is 5.10 Å². The van der Waals surface area contributed by atoms with Gasteiger partial charge in [-0.25, -0.2) is 0 Å². The average Bonchev–Trinajstić information content (AvgIpc) is 2.50. The lowest BCUT2D eigenvalue weighted by atomic mass is 10.2. The number of anilines is 1. The van der Waals surface area contributed by atoms with Crippen LogP contribution in [0.5, 0.6) is 11.5 Å². The fraction of sp³-hybridized carbons (Fsp3) is 0.0714. The number of ether oxygens (including phenoxy) is 1. The van der Waals surface area contributed by atoms with Gasteiger partial charge in [0, 0.05) is 16.7 Å². The van der Waals surface area contributed by atoms with Crippen LogP contribution in [-0.2, 0) is 0 Å². The van der Waals surface area contributed by atoms with Gasteiger partial charge in [0.15, 0.2) is 11.5 Å². The van der Waals surface area contributed by atoms with E-state index in [2.05, 4.69) is 10.5 Å². The third kappa shape index (κ3) is 3.64. The molecule has 0 saturated carbocycles. The topological polar surface area (TPSA) is 97.0 Å². The van der Waals surface area contributed by atoms with Crippen LogP contribution in [0.25, 0.3) is 0 Å². The van der Waals surface area contributed by atoms with Crippen LogP contribution in [0.3, 0.4) is 0 Å². The van der Waals surface area contributed by atoms with Crippen molar-refractivity contribution in [3.05, 3.63) is 57.1 Å². The molecular formula is C14H12ClN3O4. The molecule has 0 bridgehead atoms. The van der Waals surface area contributed by atoms with Crippen molar-refractivity contribution >= 4 is 29.2 Å². The van der Waals surface area contributed by atoms with Crippen molar-refractivity contribution in [3.63, 3.8) is 0 Å². The highest BCUT2D eigenvalue weighted by molar-refractivity contribution is 6.30. The molecule has 2 rings (SSSR count). The minimum Gasteiger partial charge on any atom is -0.504 e. The summed E-state index contributed by atoms with van der Waals surface area (Å²) in [5.74, 6) is -0.225. The standard InChI is InChI=1S/C14H12ClN3O4/c1-22-13-7-12(18(20)21)6-9(14(13)19)8-16-17-11-4-2-10(15)3-5-11/h2-8,17,19H,1H3. The number of hydrazone groups is 1. The first-order valence-corrected chi connectivity index (χ1v) is 6.49. The van der Waals surface area contributed by atoms with Crippen molar-refractivity contribution < 1.29 is 14.8 Å². The largest absolute Gasteiger partial charge is 0.504 e. The molecule has 2 aromatic carbocycles. The van der Waals surface area contributed by atoms with Gasteiger partial charge < -0.3 is 9.84 Å². The van der Waals surface area contributed by atoms with Crippen LogP contribution in [0.15, 0.2) is 41.5 Å². The van der Waals surface area contributed by atoms with Crippen molar-refractivity contribution in [2.75, 3.05) is 12.5 Å². The zero-order chi connectivity index (χ0) is 16.1. The molecule has 0 spiro atoms. The Labute approximate surface area is 130 Å². The van der Waals surface area contributed by atoms with Crippen molar-refractivity contribution in [1.29, 1.82) is 0 Å². The maximum absolute atomic E-state index is 10.9. The fourth-order valence-electron chi connectivity index (χ4n) is 1.67. The molecule has 8 heteroatoms. The predicted octanol–water partition coefficient (Wildman–Crippen LogP) is 3.41. The number of methoxy groups -OCH3 is 1. The number of halogens is 1. The summed E-state index contributed by atoms with van der Waals surface area (Å²) in [5, 5.41) is 25.3. The lowest BCUT2D eigenvalue weighted by Gasteiger charge is -2.06. The summed E-state index contributed by atoms with van der Waals surface area (Å²) in [6.07, 6.45) is 1.26. The molecule has 0 amide bonds. The zero-order valence-corrected chi connectivity index (χ0v) is 12.2. The molecule has 22 heavy (non-hydrogen) atoms. The highest BCUT2D eigenvalue weighted by Crippen LogP contribution is 2.33. The highest BCUT2D eigenvalue weighted by Gasteiger charge is 2.15. The van der Waals surface area contributed by atoms with E-state index in [-0.39, 0.29) is 22.7 Å². The Kier molecular flexibility index (Phi) is 4.80. The number of hydrogen-bond donors (Lipinski definition) is 2. The Morgan fingerprint density at radius 2 is 2.05 bits per heavy atom. The second-order valence-electron chi connectivity index (χ2n) is 4.22. The number of benzene rings is 2. The molecule has 0 heterocycles. The lowest BCUT2D eigenvalue weighted by Crippen LogP contribution is -1.96. The minimum atomic E-state index is -0.577. The SMILES string of the molecule is COc1cc([N+](=O)[O-])cc(C=NNc2ccc(Cl)cc2)c1O. The molecule has 0 radical (unpaired) electrons. The lowest BCUT2D eigenvalue weighted by molar-refractivity contribution is -0.385. The third-order valence-electron chi connectivity index (χ3n) is 2.76. The molecule has 2 aromatic rings. The first-order chi connectivity index (χ1) is 10.5. The van der Waals surface area contributed by atoms with E-state index >= 15 is 0 Å². The molecular weight excluding hydrogens is 310 g/mol. The van der Waals surface area contributed by atoms with Crippen LogP contribution in [-0.4, -0.2) is 23.4 Å². The molecule has 0 saturated heterocycles. The van der Waals surface area contributed by atoms with Crippen LogP contribution in [0, 0.1) is 10.1 Å². The van der Waals surface area contributed by atoms with E-state index in [1.807, 2.05) is 0 Å². The average molecular weight is 322 g/mol. The van der Waals surface area contributed by atoms with E-state index in [0.717, 1.165) is 6.07 Å². The van der Waals surface area contributed by atoms with Crippen molar-refractivity contribution in [2.45, 2.75) is 0 Å². The first-order valence-electron chi connectivity index (χ1n) is 6.11. The van der Waals surface area contributed by atoms with Crippen LogP contribution >= 0.6 is 11.6 Å². The second kappa shape index (κ2) is 6.77. The molecule has 0 aliphatic rings. The van der Waals surface area contributed by atoms with Crippen molar-refractivity contribution in [1.82, 2.24) is 0 Å². The number of nitro groups is 1. The summed E-state index contributed by atoms with van der Waals surface area (Å²) in [5.41, 5.74) is 3.35. The number of phenols is 1. The monoisotopic (exact) mass is 321 g/mol. The van der Waals surface area contributed by atoms with Gasteiger partial charge in [0.05, 0.1) is 30.0 Å². The van der Waals surface area contributed by atoms with Gasteiger partial charge in [-0.05, 0) is 24.3 Å².